The molecule has 0 unspecified atom stereocenters. The van der Waals surface area contributed by atoms with Crippen LogP contribution in [-0.2, 0) is 11.2 Å². The van der Waals surface area contributed by atoms with E-state index in [-0.39, 0.29) is 17.4 Å². The zero-order valence-electron chi connectivity index (χ0n) is 17.3. The summed E-state index contributed by atoms with van der Waals surface area (Å²) in [6.07, 6.45) is 6.16. The van der Waals surface area contributed by atoms with Crippen molar-refractivity contribution in [2.75, 3.05) is 20.6 Å². The second-order valence-corrected chi connectivity index (χ2v) is 8.92. The van der Waals surface area contributed by atoms with E-state index < -0.39 is 7.12 Å². The number of hydrogen-bond acceptors (Lipinski definition) is 5. The van der Waals surface area contributed by atoms with Crippen molar-refractivity contribution in [3.8, 4) is 5.75 Å². The molecule has 2 aliphatic rings. The maximum Gasteiger partial charge on any atom is 0.526 e. The molecule has 1 aromatic rings. The maximum absolute atomic E-state index is 12.6. The lowest BCUT2D eigenvalue weighted by Crippen LogP contribution is -2.36. The van der Waals surface area contributed by atoms with Crippen LogP contribution in [-0.4, -0.2) is 49.2 Å². The topological polar surface area (TPSA) is 66.8 Å². The number of carbonyl (C=O) groups is 2. The molecular formula is C22H32BNO4. The molecule has 6 heteroatoms. The Kier molecular flexibility index (Phi) is 6.94. The molecule has 152 valence electrons. The fourth-order valence-electron chi connectivity index (χ4n) is 4.77. The smallest absolute Gasteiger partial charge is 0.526 e. The molecule has 0 radical (unpaired) electrons. The molecule has 1 atom stereocenters. The summed E-state index contributed by atoms with van der Waals surface area (Å²) in [7, 11) is 3.20. The van der Waals surface area contributed by atoms with Gasteiger partial charge < -0.3 is 14.6 Å². The number of Topliss-reactive ketones (excluding diaryl/α,β-unsaturated/α-hetero) is 2. The molecule has 1 saturated carbocycles. The van der Waals surface area contributed by atoms with Crippen LogP contribution in [0, 0.1) is 11.8 Å². The van der Waals surface area contributed by atoms with Crippen molar-refractivity contribution in [2.24, 2.45) is 11.8 Å². The number of hydrogen-bond donors (Lipinski definition) is 1. The second-order valence-electron chi connectivity index (χ2n) is 8.92. The van der Waals surface area contributed by atoms with Crippen LogP contribution in [0.1, 0.15) is 61.4 Å². The first-order valence-corrected chi connectivity index (χ1v) is 10.5. The SMILES string of the molecule is CC(=O)c1cccc2c1OB(O)[C@@H](CC(=O)CC1CCC(CN(C)C)CC1)C2. The molecule has 28 heavy (non-hydrogen) atoms. The van der Waals surface area contributed by atoms with Gasteiger partial charge in [-0.15, -0.1) is 0 Å². The third-order valence-corrected chi connectivity index (χ3v) is 6.20. The molecule has 1 aliphatic heterocycles. The van der Waals surface area contributed by atoms with E-state index in [1.807, 2.05) is 12.1 Å². The molecule has 1 aliphatic carbocycles. The van der Waals surface area contributed by atoms with E-state index in [1.54, 1.807) is 6.07 Å². The minimum atomic E-state index is -1.03. The summed E-state index contributed by atoms with van der Waals surface area (Å²) in [6.45, 7) is 2.63. The van der Waals surface area contributed by atoms with Gasteiger partial charge in [0.15, 0.2) is 5.78 Å². The summed E-state index contributed by atoms with van der Waals surface area (Å²) in [6, 6.07) is 5.46. The van der Waals surface area contributed by atoms with E-state index >= 15 is 0 Å². The Balaban J connectivity index is 1.53. The van der Waals surface area contributed by atoms with Gasteiger partial charge in [-0.3, -0.25) is 9.59 Å². The van der Waals surface area contributed by atoms with Crippen molar-refractivity contribution in [1.29, 1.82) is 0 Å². The molecule has 1 aromatic carbocycles. The first-order chi connectivity index (χ1) is 13.3. The predicted octanol–water partition coefficient (Wildman–Crippen LogP) is 3.39. The van der Waals surface area contributed by atoms with E-state index in [4.69, 9.17) is 4.65 Å². The number of rotatable bonds is 7. The van der Waals surface area contributed by atoms with Crippen LogP contribution >= 0.6 is 0 Å². The van der Waals surface area contributed by atoms with Gasteiger partial charge in [0, 0.05) is 25.2 Å². The molecule has 1 N–H and O–H groups in total. The number of fused-ring (bicyclic) bond motifs is 1. The summed E-state index contributed by atoms with van der Waals surface area (Å²) < 4.78 is 5.66. The fourth-order valence-corrected chi connectivity index (χ4v) is 4.77. The van der Waals surface area contributed by atoms with Gasteiger partial charge in [0.25, 0.3) is 0 Å². The van der Waals surface area contributed by atoms with E-state index in [9.17, 15) is 14.6 Å². The van der Waals surface area contributed by atoms with Crippen LogP contribution in [0.2, 0.25) is 5.82 Å². The zero-order valence-corrected chi connectivity index (χ0v) is 17.3. The van der Waals surface area contributed by atoms with E-state index in [2.05, 4.69) is 19.0 Å². The van der Waals surface area contributed by atoms with Gasteiger partial charge in [0.1, 0.15) is 11.5 Å². The van der Waals surface area contributed by atoms with Crippen molar-refractivity contribution >= 4 is 18.7 Å². The molecule has 0 amide bonds. The lowest BCUT2D eigenvalue weighted by molar-refractivity contribution is -0.120. The molecule has 0 aromatic heterocycles. The van der Waals surface area contributed by atoms with Crippen LogP contribution in [0.5, 0.6) is 5.75 Å². The highest BCUT2D eigenvalue weighted by Gasteiger charge is 2.37. The molecule has 1 fully saturated rings. The monoisotopic (exact) mass is 385 g/mol. The molecule has 0 bridgehead atoms. The standard InChI is InChI=1S/C22H32BNO4/c1-15(25)21-6-4-5-18-12-19(23(27)28-22(18)21)13-20(26)11-16-7-9-17(10-8-16)14-24(2)3/h4-6,16-17,19,27H,7-14H2,1-3H3/t16?,17?,19-/m1/s1. The lowest BCUT2D eigenvalue weighted by atomic mass is 9.64. The van der Waals surface area contributed by atoms with Crippen molar-refractivity contribution in [3.05, 3.63) is 29.3 Å². The molecule has 1 heterocycles. The van der Waals surface area contributed by atoms with Crippen LogP contribution in [0.4, 0.5) is 0 Å². The number of ketones is 2. The first-order valence-electron chi connectivity index (χ1n) is 10.5. The number of carbonyl (C=O) groups excluding carboxylic acids is 2. The quantitative estimate of drug-likeness (QED) is 0.576. The minimum Gasteiger partial charge on any atom is -0.535 e. The van der Waals surface area contributed by atoms with Gasteiger partial charge in [-0.2, -0.15) is 0 Å². The van der Waals surface area contributed by atoms with Crippen molar-refractivity contribution in [3.63, 3.8) is 0 Å². The van der Waals surface area contributed by atoms with Crippen molar-refractivity contribution < 1.29 is 19.3 Å². The third-order valence-electron chi connectivity index (χ3n) is 6.20. The largest absolute Gasteiger partial charge is 0.535 e. The van der Waals surface area contributed by atoms with Crippen molar-refractivity contribution in [2.45, 2.75) is 57.7 Å². The number of para-hydroxylation sites is 1. The van der Waals surface area contributed by atoms with Crippen LogP contribution in [0.15, 0.2) is 18.2 Å². The first kappa shape index (κ1) is 21.1. The normalized spacial score (nSPS) is 24.6. The van der Waals surface area contributed by atoms with E-state index in [0.717, 1.165) is 30.9 Å². The molecular weight excluding hydrogens is 353 g/mol. The summed E-state index contributed by atoms with van der Waals surface area (Å²) in [5.74, 6) is 1.60. The highest BCUT2D eigenvalue weighted by Crippen LogP contribution is 2.37. The number of nitrogens with zero attached hydrogens (tertiary/aromatic N) is 1. The highest BCUT2D eigenvalue weighted by molar-refractivity contribution is 6.47. The van der Waals surface area contributed by atoms with E-state index in [1.165, 1.54) is 19.8 Å². The van der Waals surface area contributed by atoms with Gasteiger partial charge in [-0.05, 0) is 76.6 Å². The maximum atomic E-state index is 12.6. The molecule has 5 nitrogen and oxygen atoms in total. The summed E-state index contributed by atoms with van der Waals surface area (Å²) in [4.78, 5) is 26.7. The summed E-state index contributed by atoms with van der Waals surface area (Å²) in [5, 5.41) is 10.4. The Morgan fingerprint density at radius 3 is 2.46 bits per heavy atom. The average Bonchev–Trinajstić information content (AvgIpc) is 2.63. The molecule has 0 saturated heterocycles. The van der Waals surface area contributed by atoms with Gasteiger partial charge in [0.2, 0.25) is 0 Å². The fraction of sp³-hybridized carbons (Fsp3) is 0.636. The highest BCUT2D eigenvalue weighted by atomic mass is 16.5. The minimum absolute atomic E-state index is 0.0801. The van der Waals surface area contributed by atoms with Crippen LogP contribution < -0.4 is 4.65 Å². The summed E-state index contributed by atoms with van der Waals surface area (Å²) >= 11 is 0. The molecule has 0 spiro atoms. The summed E-state index contributed by atoms with van der Waals surface area (Å²) in [5.41, 5.74) is 1.40. The molecule has 3 rings (SSSR count). The van der Waals surface area contributed by atoms with Gasteiger partial charge >= 0.3 is 7.12 Å². The second kappa shape index (κ2) is 9.23. The Morgan fingerprint density at radius 2 is 1.82 bits per heavy atom. The lowest BCUT2D eigenvalue weighted by Gasteiger charge is -2.31. The Labute approximate surface area is 168 Å². The van der Waals surface area contributed by atoms with Gasteiger partial charge in [-0.1, -0.05) is 12.1 Å². The number of benzene rings is 1. The third kappa shape index (κ3) is 5.23. The van der Waals surface area contributed by atoms with Gasteiger partial charge in [-0.25, -0.2) is 0 Å². The van der Waals surface area contributed by atoms with Crippen molar-refractivity contribution in [1.82, 2.24) is 4.90 Å². The Morgan fingerprint density at radius 1 is 1.14 bits per heavy atom. The van der Waals surface area contributed by atoms with Crippen LogP contribution in [0.25, 0.3) is 0 Å². The van der Waals surface area contributed by atoms with Gasteiger partial charge in [0.05, 0.1) is 5.56 Å². The van der Waals surface area contributed by atoms with E-state index in [0.29, 0.717) is 36.5 Å². The Hall–Kier alpha value is -1.66. The Bertz CT molecular complexity index is 712. The average molecular weight is 385 g/mol. The predicted molar refractivity (Wildman–Crippen MR) is 111 cm³/mol. The zero-order chi connectivity index (χ0) is 20.3. The van der Waals surface area contributed by atoms with Crippen LogP contribution in [0.3, 0.4) is 0 Å².